The third-order valence-electron chi connectivity index (χ3n) is 10.5. The standard InChI is InChI=1S/C29H46O3/c1-18(2)7-12-27(31)19(3)24-10-11-25-23-9-8-21-17-22(32-20(4)30)13-15-28(21,5)26(23)14-16-29(24,25)6/h8,18-19,22-26H,7,9-17H2,1-6H3/t19-,22+,23-,24+,25-,26-,28-,29+/m0/s1. The predicted molar refractivity (Wildman–Crippen MR) is 129 cm³/mol. The second-order valence-corrected chi connectivity index (χ2v) is 12.6. The van der Waals surface area contributed by atoms with Gasteiger partial charge in [-0.1, -0.05) is 46.3 Å². The molecule has 8 atom stereocenters. The van der Waals surface area contributed by atoms with Crippen LogP contribution >= 0.6 is 0 Å². The van der Waals surface area contributed by atoms with Crippen LogP contribution in [0.15, 0.2) is 11.6 Å². The summed E-state index contributed by atoms with van der Waals surface area (Å²) in [5, 5.41) is 0. The fourth-order valence-corrected chi connectivity index (χ4v) is 8.71. The van der Waals surface area contributed by atoms with Gasteiger partial charge in [-0.15, -0.1) is 0 Å². The Kier molecular flexibility index (Phi) is 6.69. The Morgan fingerprint density at radius 1 is 1.06 bits per heavy atom. The monoisotopic (exact) mass is 442 g/mol. The van der Waals surface area contributed by atoms with E-state index in [2.05, 4.69) is 40.7 Å². The molecule has 3 fully saturated rings. The Hall–Kier alpha value is -1.12. The molecule has 0 amide bonds. The van der Waals surface area contributed by atoms with Crippen LogP contribution in [-0.4, -0.2) is 17.9 Å². The average molecular weight is 443 g/mol. The molecule has 0 radical (unpaired) electrons. The van der Waals surface area contributed by atoms with Gasteiger partial charge in [-0.25, -0.2) is 0 Å². The molecule has 0 aromatic heterocycles. The SMILES string of the molecule is CC(=O)O[C@@H]1CC[C@@]2(C)C(=CC[C@H]3[C@@H]4CC[C@H]([C@H](C)C(=O)CCC(C)C)[C@@]4(C)CC[C@@H]32)C1. The molecule has 0 aromatic carbocycles. The first kappa shape index (κ1) is 24.0. The minimum Gasteiger partial charge on any atom is -0.462 e. The first-order chi connectivity index (χ1) is 15.1. The van der Waals surface area contributed by atoms with Gasteiger partial charge in [-0.2, -0.15) is 0 Å². The van der Waals surface area contributed by atoms with E-state index in [1.54, 1.807) is 5.57 Å². The number of carbonyl (C=O) groups is 2. The first-order valence-corrected chi connectivity index (χ1v) is 13.5. The summed E-state index contributed by atoms with van der Waals surface area (Å²) in [5.74, 6) is 4.02. The van der Waals surface area contributed by atoms with Crippen LogP contribution in [0, 0.1) is 46.3 Å². The van der Waals surface area contributed by atoms with Crippen LogP contribution in [0.25, 0.3) is 0 Å². The molecule has 4 aliphatic rings. The molecule has 3 saturated carbocycles. The van der Waals surface area contributed by atoms with Gasteiger partial charge in [0.2, 0.25) is 0 Å². The lowest BCUT2D eigenvalue weighted by atomic mass is 9.47. The predicted octanol–water partition coefficient (Wildman–Crippen LogP) is 7.14. The third kappa shape index (κ3) is 4.11. The maximum absolute atomic E-state index is 13.0. The zero-order chi connectivity index (χ0) is 23.3. The van der Waals surface area contributed by atoms with E-state index in [0.717, 1.165) is 49.9 Å². The highest BCUT2D eigenvalue weighted by Crippen LogP contribution is 2.67. The fourth-order valence-electron chi connectivity index (χ4n) is 8.71. The number of rotatable bonds is 6. The molecule has 0 unspecified atom stereocenters. The van der Waals surface area contributed by atoms with Gasteiger partial charge < -0.3 is 4.74 Å². The van der Waals surface area contributed by atoms with Crippen molar-refractivity contribution in [1.82, 2.24) is 0 Å². The molecule has 0 saturated heterocycles. The molecule has 0 spiro atoms. The Bertz CT molecular complexity index is 766. The summed E-state index contributed by atoms with van der Waals surface area (Å²) in [6, 6.07) is 0. The minimum atomic E-state index is -0.143. The van der Waals surface area contributed by atoms with Crippen molar-refractivity contribution in [1.29, 1.82) is 0 Å². The number of allylic oxidation sites excluding steroid dienone is 1. The van der Waals surface area contributed by atoms with Crippen molar-refractivity contribution in [3.63, 3.8) is 0 Å². The molecule has 0 N–H and O–H groups in total. The van der Waals surface area contributed by atoms with E-state index in [1.807, 2.05) is 0 Å². The van der Waals surface area contributed by atoms with Crippen molar-refractivity contribution in [2.75, 3.05) is 0 Å². The number of ether oxygens (including phenoxy) is 1. The lowest BCUT2D eigenvalue weighted by molar-refractivity contribution is -0.148. The van der Waals surface area contributed by atoms with Gasteiger partial charge in [0, 0.05) is 25.7 Å². The summed E-state index contributed by atoms with van der Waals surface area (Å²) < 4.78 is 5.59. The smallest absolute Gasteiger partial charge is 0.302 e. The van der Waals surface area contributed by atoms with Gasteiger partial charge in [0.25, 0.3) is 0 Å². The van der Waals surface area contributed by atoms with Crippen molar-refractivity contribution in [2.45, 2.75) is 112 Å². The van der Waals surface area contributed by atoms with Gasteiger partial charge in [-0.3, -0.25) is 9.59 Å². The van der Waals surface area contributed by atoms with Gasteiger partial charge >= 0.3 is 5.97 Å². The first-order valence-electron chi connectivity index (χ1n) is 13.5. The zero-order valence-corrected chi connectivity index (χ0v) is 21.4. The molecule has 0 aromatic rings. The maximum Gasteiger partial charge on any atom is 0.302 e. The number of hydrogen-bond acceptors (Lipinski definition) is 3. The van der Waals surface area contributed by atoms with Gasteiger partial charge in [0.1, 0.15) is 11.9 Å². The van der Waals surface area contributed by atoms with Crippen LogP contribution in [-0.2, 0) is 14.3 Å². The average Bonchev–Trinajstić information content (AvgIpc) is 3.08. The molecule has 4 aliphatic carbocycles. The quantitative estimate of drug-likeness (QED) is 0.324. The van der Waals surface area contributed by atoms with E-state index in [9.17, 15) is 9.59 Å². The molecular formula is C29H46O3. The number of hydrogen-bond donors (Lipinski definition) is 0. The second-order valence-electron chi connectivity index (χ2n) is 12.6. The van der Waals surface area contributed by atoms with Crippen LogP contribution < -0.4 is 0 Å². The molecule has 3 nitrogen and oxygen atoms in total. The molecular weight excluding hydrogens is 396 g/mol. The summed E-state index contributed by atoms with van der Waals surface area (Å²) in [5.41, 5.74) is 2.16. The van der Waals surface area contributed by atoms with Crippen LogP contribution in [0.1, 0.15) is 106 Å². The van der Waals surface area contributed by atoms with Crippen LogP contribution in [0.3, 0.4) is 0 Å². The van der Waals surface area contributed by atoms with Crippen LogP contribution in [0.2, 0.25) is 0 Å². The Morgan fingerprint density at radius 2 is 1.81 bits per heavy atom. The number of carbonyl (C=O) groups excluding carboxylic acids is 2. The Balaban J connectivity index is 1.49. The van der Waals surface area contributed by atoms with E-state index in [1.165, 1.54) is 39.0 Å². The summed E-state index contributed by atoms with van der Waals surface area (Å²) in [6.07, 6.45) is 13.8. The molecule has 0 aliphatic heterocycles. The topological polar surface area (TPSA) is 43.4 Å². The molecule has 0 bridgehead atoms. The van der Waals surface area contributed by atoms with E-state index in [-0.39, 0.29) is 23.4 Å². The summed E-state index contributed by atoms with van der Waals surface area (Å²) in [4.78, 5) is 24.5. The van der Waals surface area contributed by atoms with E-state index in [4.69, 9.17) is 4.74 Å². The number of fused-ring (bicyclic) bond motifs is 5. The largest absolute Gasteiger partial charge is 0.462 e. The zero-order valence-electron chi connectivity index (χ0n) is 21.4. The normalized spacial score (nSPS) is 41.8. The van der Waals surface area contributed by atoms with Crippen molar-refractivity contribution < 1.29 is 14.3 Å². The van der Waals surface area contributed by atoms with Crippen molar-refractivity contribution in [3.05, 3.63) is 11.6 Å². The van der Waals surface area contributed by atoms with E-state index in [0.29, 0.717) is 23.0 Å². The maximum atomic E-state index is 13.0. The fraction of sp³-hybridized carbons (Fsp3) is 0.862. The molecule has 32 heavy (non-hydrogen) atoms. The number of ketones is 1. The Labute approximate surface area is 196 Å². The van der Waals surface area contributed by atoms with Crippen molar-refractivity contribution in [3.8, 4) is 0 Å². The molecule has 0 heterocycles. The van der Waals surface area contributed by atoms with Gasteiger partial charge in [-0.05, 0) is 91.8 Å². The Morgan fingerprint density at radius 3 is 2.50 bits per heavy atom. The van der Waals surface area contributed by atoms with Gasteiger partial charge in [0.05, 0.1) is 0 Å². The molecule has 3 heteroatoms. The van der Waals surface area contributed by atoms with Crippen molar-refractivity contribution >= 4 is 11.8 Å². The minimum absolute atomic E-state index is 0.0748. The second kappa shape index (κ2) is 8.91. The molecule has 180 valence electrons. The lowest BCUT2D eigenvalue weighted by Gasteiger charge is -2.58. The number of Topliss-reactive ketones (excluding diaryl/α,β-unsaturated/α-hetero) is 1. The van der Waals surface area contributed by atoms with Crippen LogP contribution in [0.4, 0.5) is 0 Å². The lowest BCUT2D eigenvalue weighted by Crippen LogP contribution is -2.51. The summed E-state index contributed by atoms with van der Waals surface area (Å²) >= 11 is 0. The third-order valence-corrected chi connectivity index (χ3v) is 10.5. The highest BCUT2D eigenvalue weighted by Gasteiger charge is 2.59. The van der Waals surface area contributed by atoms with E-state index < -0.39 is 0 Å². The summed E-state index contributed by atoms with van der Waals surface area (Å²) in [7, 11) is 0. The van der Waals surface area contributed by atoms with Crippen LogP contribution in [0.5, 0.6) is 0 Å². The molecule has 4 rings (SSSR count). The highest BCUT2D eigenvalue weighted by molar-refractivity contribution is 5.81. The van der Waals surface area contributed by atoms with E-state index >= 15 is 0 Å². The van der Waals surface area contributed by atoms with Crippen molar-refractivity contribution in [2.24, 2.45) is 46.3 Å². The summed E-state index contributed by atoms with van der Waals surface area (Å²) in [6.45, 7) is 13.3. The highest BCUT2D eigenvalue weighted by atomic mass is 16.5. The van der Waals surface area contributed by atoms with Gasteiger partial charge in [0.15, 0.2) is 0 Å². The number of esters is 1.